The van der Waals surface area contributed by atoms with Crippen molar-refractivity contribution >= 4 is 26.8 Å². The van der Waals surface area contributed by atoms with Crippen molar-refractivity contribution < 1.29 is 13.2 Å². The van der Waals surface area contributed by atoms with Crippen LogP contribution in [0, 0.1) is 5.92 Å². The zero-order valence-corrected chi connectivity index (χ0v) is 16.7. The molecule has 1 amide bonds. The molecule has 146 valence electrons. The van der Waals surface area contributed by atoms with Crippen molar-refractivity contribution in [2.75, 3.05) is 26.7 Å². The Morgan fingerprint density at radius 3 is 2.44 bits per heavy atom. The summed E-state index contributed by atoms with van der Waals surface area (Å²) in [6, 6.07) is 5.75. The topological polar surface area (TPSA) is 90.5 Å². The van der Waals surface area contributed by atoms with E-state index in [1.807, 2.05) is 0 Å². The lowest BCUT2D eigenvalue weighted by atomic mass is 10.1. The summed E-state index contributed by atoms with van der Waals surface area (Å²) in [6.07, 6.45) is 2.22. The third-order valence-corrected chi connectivity index (χ3v) is 7.01. The van der Waals surface area contributed by atoms with Gasteiger partial charge >= 0.3 is 0 Å². The second-order valence-electron chi connectivity index (χ2n) is 6.97. The Balaban J connectivity index is 2.10. The second-order valence-corrected chi connectivity index (χ2v) is 8.91. The molecule has 0 radical (unpaired) electrons. The van der Waals surface area contributed by atoms with Gasteiger partial charge in [-0.25, -0.2) is 8.42 Å². The van der Waals surface area contributed by atoms with E-state index >= 15 is 0 Å². The Morgan fingerprint density at radius 1 is 1.19 bits per heavy atom. The van der Waals surface area contributed by atoms with Gasteiger partial charge in [0.05, 0.1) is 10.5 Å². The van der Waals surface area contributed by atoms with Crippen molar-refractivity contribution in [3.05, 3.63) is 40.2 Å². The van der Waals surface area contributed by atoms with Gasteiger partial charge in [-0.15, -0.1) is 0 Å². The number of aromatic nitrogens is 1. The number of nitrogens with zero attached hydrogens (tertiary/aromatic N) is 2. The Hall–Kier alpha value is -2.19. The number of fused-ring (bicyclic) bond motifs is 1. The molecule has 1 fully saturated rings. The van der Waals surface area contributed by atoms with Gasteiger partial charge in [-0.3, -0.25) is 9.59 Å². The highest BCUT2D eigenvalue weighted by atomic mass is 32.2. The van der Waals surface area contributed by atoms with Crippen LogP contribution in [0.5, 0.6) is 0 Å². The second kappa shape index (κ2) is 7.44. The number of aromatic amines is 1. The average Bonchev–Trinajstić information content (AvgIpc) is 3.44. The highest BCUT2D eigenvalue weighted by Crippen LogP contribution is 2.30. The fraction of sp³-hybridized carbons (Fsp3) is 0.474. The summed E-state index contributed by atoms with van der Waals surface area (Å²) < 4.78 is 27.0. The lowest BCUT2D eigenvalue weighted by Gasteiger charge is -2.20. The van der Waals surface area contributed by atoms with Crippen LogP contribution in [-0.4, -0.2) is 55.2 Å². The maximum atomic E-state index is 12.9. The summed E-state index contributed by atoms with van der Waals surface area (Å²) in [6.45, 7) is 4.92. The number of nitrogens with one attached hydrogen (secondary N) is 1. The predicted molar refractivity (Wildman–Crippen MR) is 104 cm³/mol. The van der Waals surface area contributed by atoms with Gasteiger partial charge < -0.3 is 9.88 Å². The summed E-state index contributed by atoms with van der Waals surface area (Å²) in [7, 11) is -1.95. The number of carbonyl (C=O) groups is 1. The number of hydrogen-bond donors (Lipinski definition) is 1. The van der Waals surface area contributed by atoms with E-state index in [0.717, 1.165) is 12.8 Å². The van der Waals surface area contributed by atoms with Gasteiger partial charge in [0.2, 0.25) is 15.6 Å². The standard InChI is InChI=1S/C19H25N3O4S/c1-4-22(5-2)27(25,26)14-8-9-17-15(10-14)16(11-18(23)20-17)19(24)21(3)12-13-6-7-13/h8-11,13H,4-7,12H2,1-3H3,(H,20,23). The molecule has 7 nitrogen and oxygen atoms in total. The smallest absolute Gasteiger partial charge is 0.254 e. The van der Waals surface area contributed by atoms with Crippen LogP contribution in [0.3, 0.4) is 0 Å². The molecule has 1 aliphatic carbocycles. The molecule has 0 aliphatic heterocycles. The molecule has 0 saturated heterocycles. The van der Waals surface area contributed by atoms with Gasteiger partial charge in [0.1, 0.15) is 0 Å². The van der Waals surface area contributed by atoms with Crippen LogP contribution < -0.4 is 5.56 Å². The lowest BCUT2D eigenvalue weighted by Crippen LogP contribution is -2.31. The van der Waals surface area contributed by atoms with Crippen LogP contribution in [0.25, 0.3) is 10.9 Å². The van der Waals surface area contributed by atoms with Crippen molar-refractivity contribution in [3.63, 3.8) is 0 Å². The van der Waals surface area contributed by atoms with Gasteiger partial charge in [-0.2, -0.15) is 4.31 Å². The van der Waals surface area contributed by atoms with Crippen LogP contribution in [0.1, 0.15) is 37.0 Å². The number of benzene rings is 1. The number of rotatable bonds is 7. The first-order valence-corrected chi connectivity index (χ1v) is 10.6. The fourth-order valence-electron chi connectivity index (χ4n) is 3.26. The van der Waals surface area contributed by atoms with Crippen LogP contribution in [0.4, 0.5) is 0 Å². The lowest BCUT2D eigenvalue weighted by molar-refractivity contribution is 0.0790. The predicted octanol–water partition coefficient (Wildman–Crippen LogP) is 2.04. The van der Waals surface area contributed by atoms with E-state index in [9.17, 15) is 18.0 Å². The van der Waals surface area contributed by atoms with Crippen molar-refractivity contribution in [1.29, 1.82) is 0 Å². The van der Waals surface area contributed by atoms with E-state index in [1.54, 1.807) is 31.9 Å². The van der Waals surface area contributed by atoms with Crippen LogP contribution >= 0.6 is 0 Å². The molecule has 0 atom stereocenters. The zero-order chi connectivity index (χ0) is 19.8. The molecule has 1 aliphatic rings. The van der Waals surface area contributed by atoms with Gasteiger partial charge in [0.25, 0.3) is 5.91 Å². The number of sulfonamides is 1. The average molecular weight is 391 g/mol. The molecule has 1 saturated carbocycles. The number of amides is 1. The first kappa shape index (κ1) is 19.6. The van der Waals surface area contributed by atoms with E-state index < -0.39 is 10.0 Å². The monoisotopic (exact) mass is 391 g/mol. The molecular weight excluding hydrogens is 366 g/mol. The normalized spacial score (nSPS) is 14.7. The minimum absolute atomic E-state index is 0.115. The highest BCUT2D eigenvalue weighted by Gasteiger charge is 2.27. The quantitative estimate of drug-likeness (QED) is 0.782. The summed E-state index contributed by atoms with van der Waals surface area (Å²) in [5.74, 6) is 0.251. The van der Waals surface area contributed by atoms with Gasteiger partial charge in [-0.1, -0.05) is 13.8 Å². The summed E-state index contributed by atoms with van der Waals surface area (Å²) in [5.41, 5.74) is 0.294. The number of pyridine rings is 1. The van der Waals surface area contributed by atoms with Crippen molar-refractivity contribution in [2.45, 2.75) is 31.6 Å². The fourth-order valence-corrected chi connectivity index (χ4v) is 4.74. The number of carbonyl (C=O) groups excluding carboxylic acids is 1. The van der Waals surface area contributed by atoms with E-state index in [-0.39, 0.29) is 21.9 Å². The first-order chi connectivity index (χ1) is 12.8. The minimum Gasteiger partial charge on any atom is -0.341 e. The molecule has 1 aromatic carbocycles. The molecule has 1 N–H and O–H groups in total. The molecule has 0 unspecified atom stereocenters. The molecule has 8 heteroatoms. The minimum atomic E-state index is -3.66. The molecule has 3 rings (SSSR count). The number of H-pyrrole nitrogens is 1. The first-order valence-electron chi connectivity index (χ1n) is 9.20. The Bertz CT molecular complexity index is 1020. The van der Waals surface area contributed by atoms with Crippen molar-refractivity contribution in [3.8, 4) is 0 Å². The van der Waals surface area contributed by atoms with E-state index in [2.05, 4.69) is 4.98 Å². The maximum Gasteiger partial charge on any atom is 0.254 e. The molecule has 2 aromatic rings. The largest absolute Gasteiger partial charge is 0.341 e. The molecule has 0 spiro atoms. The molecule has 1 aromatic heterocycles. The van der Waals surface area contributed by atoms with Gasteiger partial charge in [-0.05, 0) is 37.0 Å². The highest BCUT2D eigenvalue weighted by molar-refractivity contribution is 7.89. The maximum absolute atomic E-state index is 12.9. The van der Waals surface area contributed by atoms with Crippen LogP contribution in [0.15, 0.2) is 34.0 Å². The third kappa shape index (κ3) is 3.91. The third-order valence-electron chi connectivity index (χ3n) is 4.96. The van der Waals surface area contributed by atoms with E-state index in [0.29, 0.717) is 36.5 Å². The molecule has 1 heterocycles. The van der Waals surface area contributed by atoms with Crippen LogP contribution in [0.2, 0.25) is 0 Å². The Kier molecular flexibility index (Phi) is 5.39. The Morgan fingerprint density at radius 2 is 1.85 bits per heavy atom. The Labute approximate surface area is 159 Å². The summed E-state index contributed by atoms with van der Waals surface area (Å²) >= 11 is 0. The van der Waals surface area contributed by atoms with Crippen molar-refractivity contribution in [2.24, 2.45) is 5.92 Å². The van der Waals surface area contributed by atoms with Crippen molar-refractivity contribution in [1.82, 2.24) is 14.2 Å². The van der Waals surface area contributed by atoms with E-state index in [1.165, 1.54) is 22.5 Å². The summed E-state index contributed by atoms with van der Waals surface area (Å²) in [5, 5.41) is 0.440. The van der Waals surface area contributed by atoms with Gasteiger partial charge in [0, 0.05) is 43.7 Å². The molecule has 0 bridgehead atoms. The summed E-state index contributed by atoms with van der Waals surface area (Å²) in [4.78, 5) is 29.3. The molecular formula is C19H25N3O4S. The molecule has 27 heavy (non-hydrogen) atoms. The van der Waals surface area contributed by atoms with Gasteiger partial charge in [0.15, 0.2) is 0 Å². The van der Waals surface area contributed by atoms with Crippen LogP contribution in [-0.2, 0) is 10.0 Å². The van der Waals surface area contributed by atoms with E-state index in [4.69, 9.17) is 0 Å². The zero-order valence-electron chi connectivity index (χ0n) is 15.9. The SMILES string of the molecule is CCN(CC)S(=O)(=O)c1ccc2[nH]c(=O)cc(C(=O)N(C)CC3CC3)c2c1. The number of hydrogen-bond acceptors (Lipinski definition) is 4.